The Kier molecular flexibility index (Phi) is 7.71. The Morgan fingerprint density at radius 3 is 2.31 bits per heavy atom. The molecule has 1 aliphatic rings. The second kappa shape index (κ2) is 10.9. The number of amides is 2. The van der Waals surface area contributed by atoms with E-state index in [9.17, 15) is 18.0 Å². The molecule has 1 aliphatic heterocycles. The van der Waals surface area contributed by atoms with Crippen molar-refractivity contribution in [2.45, 2.75) is 37.7 Å². The summed E-state index contributed by atoms with van der Waals surface area (Å²) in [6.45, 7) is 4.65. The molecular weight excluding hydrogens is 478 g/mol. The van der Waals surface area contributed by atoms with Crippen molar-refractivity contribution in [1.82, 2.24) is 5.32 Å². The third-order valence-corrected chi connectivity index (χ3v) is 7.47. The fourth-order valence-corrected chi connectivity index (χ4v) is 5.12. The van der Waals surface area contributed by atoms with E-state index in [2.05, 4.69) is 15.4 Å². The lowest BCUT2D eigenvalue weighted by molar-refractivity contribution is 0.0858. The summed E-state index contributed by atoms with van der Waals surface area (Å²) in [5.74, 6) is -0.763. The molecule has 8 nitrogen and oxygen atoms in total. The number of benzene rings is 3. The number of nitrogens with one attached hydrogen (secondary N) is 3. The fraction of sp³-hybridized carbons (Fsp3) is 0.259. The lowest BCUT2D eigenvalue weighted by atomic mass is 10.1. The van der Waals surface area contributed by atoms with Crippen LogP contribution in [0, 0.1) is 13.8 Å². The van der Waals surface area contributed by atoms with Crippen LogP contribution < -0.4 is 15.4 Å². The summed E-state index contributed by atoms with van der Waals surface area (Å²) in [4.78, 5) is 26.1. The molecule has 0 aromatic heterocycles. The number of sulfonamides is 1. The average molecular weight is 508 g/mol. The standard InChI is InChI=1S/C27H29N3O5S/c1-18-12-14-21(15-13-18)36(33,34)30-24-11-5-9-22(19(24)2)27(32)29-25-10-4-3-8-23(25)26(31)28-17-20-7-6-16-35-20/h3-5,8-15,20,30H,6-7,16-17H2,1-2H3,(H,28,31)(H,29,32). The number of ether oxygens (including phenoxy) is 1. The third-order valence-electron chi connectivity index (χ3n) is 6.09. The molecule has 36 heavy (non-hydrogen) atoms. The largest absolute Gasteiger partial charge is 0.376 e. The maximum Gasteiger partial charge on any atom is 0.261 e. The van der Waals surface area contributed by atoms with Crippen LogP contribution in [0.15, 0.2) is 71.6 Å². The van der Waals surface area contributed by atoms with Gasteiger partial charge in [0.15, 0.2) is 0 Å². The van der Waals surface area contributed by atoms with E-state index in [-0.39, 0.29) is 22.5 Å². The summed E-state index contributed by atoms with van der Waals surface area (Å²) in [6.07, 6.45) is 1.89. The van der Waals surface area contributed by atoms with E-state index in [1.807, 2.05) is 6.92 Å². The lowest BCUT2D eigenvalue weighted by Gasteiger charge is -2.16. The van der Waals surface area contributed by atoms with Gasteiger partial charge in [-0.25, -0.2) is 8.42 Å². The van der Waals surface area contributed by atoms with Gasteiger partial charge in [0.2, 0.25) is 0 Å². The highest BCUT2D eigenvalue weighted by Crippen LogP contribution is 2.24. The van der Waals surface area contributed by atoms with E-state index >= 15 is 0 Å². The highest BCUT2D eigenvalue weighted by Gasteiger charge is 2.21. The van der Waals surface area contributed by atoms with Gasteiger partial charge in [-0.1, -0.05) is 35.9 Å². The zero-order chi connectivity index (χ0) is 25.7. The van der Waals surface area contributed by atoms with Crippen LogP contribution in [-0.2, 0) is 14.8 Å². The van der Waals surface area contributed by atoms with Crippen LogP contribution in [0.2, 0.25) is 0 Å². The van der Waals surface area contributed by atoms with Crippen LogP contribution in [0.3, 0.4) is 0 Å². The van der Waals surface area contributed by atoms with Gasteiger partial charge in [-0.05, 0) is 68.7 Å². The van der Waals surface area contributed by atoms with E-state index in [0.717, 1.165) is 18.4 Å². The van der Waals surface area contributed by atoms with Crippen LogP contribution in [-0.4, -0.2) is 39.5 Å². The van der Waals surface area contributed by atoms with Gasteiger partial charge < -0.3 is 15.4 Å². The monoisotopic (exact) mass is 507 g/mol. The van der Waals surface area contributed by atoms with E-state index < -0.39 is 15.9 Å². The second-order valence-corrected chi connectivity index (χ2v) is 10.4. The Balaban J connectivity index is 1.50. The Morgan fingerprint density at radius 1 is 0.889 bits per heavy atom. The van der Waals surface area contributed by atoms with Gasteiger partial charge in [0.1, 0.15) is 0 Å². The van der Waals surface area contributed by atoms with Crippen molar-refractivity contribution >= 4 is 33.2 Å². The molecule has 3 aromatic carbocycles. The van der Waals surface area contributed by atoms with Crippen molar-refractivity contribution in [2.75, 3.05) is 23.2 Å². The number of para-hydroxylation sites is 1. The first-order valence-corrected chi connectivity index (χ1v) is 13.2. The highest BCUT2D eigenvalue weighted by molar-refractivity contribution is 7.92. The Bertz CT molecular complexity index is 1360. The van der Waals surface area contributed by atoms with Crippen molar-refractivity contribution in [2.24, 2.45) is 0 Å². The quantitative estimate of drug-likeness (QED) is 0.422. The number of carbonyl (C=O) groups excluding carboxylic acids is 2. The first kappa shape index (κ1) is 25.4. The molecule has 3 N–H and O–H groups in total. The SMILES string of the molecule is Cc1ccc(S(=O)(=O)Nc2cccc(C(=O)Nc3ccccc3C(=O)NCC3CCCO3)c2C)cc1. The summed E-state index contributed by atoms with van der Waals surface area (Å²) >= 11 is 0. The van der Waals surface area contributed by atoms with Gasteiger partial charge in [0.05, 0.1) is 27.9 Å². The van der Waals surface area contributed by atoms with E-state index in [1.165, 1.54) is 12.1 Å². The minimum absolute atomic E-state index is 0.00443. The van der Waals surface area contributed by atoms with Crippen molar-refractivity contribution in [3.05, 3.63) is 89.0 Å². The molecule has 1 heterocycles. The number of carbonyl (C=O) groups is 2. The van der Waals surface area contributed by atoms with Gasteiger partial charge >= 0.3 is 0 Å². The maximum absolute atomic E-state index is 13.2. The van der Waals surface area contributed by atoms with Crippen LogP contribution in [0.5, 0.6) is 0 Å². The number of hydrogen-bond donors (Lipinski definition) is 3. The van der Waals surface area contributed by atoms with Crippen molar-refractivity contribution in [3.8, 4) is 0 Å². The molecule has 1 fully saturated rings. The smallest absolute Gasteiger partial charge is 0.261 e. The van der Waals surface area contributed by atoms with Gasteiger partial charge in [-0.2, -0.15) is 0 Å². The first-order chi connectivity index (χ1) is 17.2. The second-order valence-electron chi connectivity index (χ2n) is 8.74. The van der Waals surface area contributed by atoms with Crippen LogP contribution in [0.25, 0.3) is 0 Å². The molecule has 4 rings (SSSR count). The summed E-state index contributed by atoms with van der Waals surface area (Å²) in [5, 5.41) is 5.66. The predicted octanol–water partition coefficient (Wildman–Crippen LogP) is 4.27. The Morgan fingerprint density at radius 2 is 1.58 bits per heavy atom. The number of aryl methyl sites for hydroxylation is 1. The van der Waals surface area contributed by atoms with Gasteiger partial charge in [0.25, 0.3) is 21.8 Å². The van der Waals surface area contributed by atoms with E-state index in [1.54, 1.807) is 61.5 Å². The number of hydrogen-bond acceptors (Lipinski definition) is 5. The summed E-state index contributed by atoms with van der Waals surface area (Å²) < 4.78 is 33.8. The predicted molar refractivity (Wildman–Crippen MR) is 139 cm³/mol. The minimum Gasteiger partial charge on any atom is -0.376 e. The molecule has 0 radical (unpaired) electrons. The third kappa shape index (κ3) is 5.92. The molecule has 9 heteroatoms. The normalized spacial score (nSPS) is 15.3. The molecule has 3 aromatic rings. The minimum atomic E-state index is -3.83. The topological polar surface area (TPSA) is 114 Å². The van der Waals surface area contributed by atoms with Crippen molar-refractivity contribution in [3.63, 3.8) is 0 Å². The molecule has 1 unspecified atom stereocenters. The number of anilines is 2. The van der Waals surface area contributed by atoms with Gasteiger partial charge in [0, 0.05) is 18.7 Å². The molecule has 1 atom stereocenters. The van der Waals surface area contributed by atoms with Gasteiger partial charge in [-0.15, -0.1) is 0 Å². The van der Waals surface area contributed by atoms with Crippen LogP contribution >= 0.6 is 0 Å². The summed E-state index contributed by atoms with van der Waals surface area (Å²) in [7, 11) is -3.83. The molecule has 0 spiro atoms. The summed E-state index contributed by atoms with van der Waals surface area (Å²) in [6, 6.07) is 18.1. The van der Waals surface area contributed by atoms with Crippen molar-refractivity contribution in [1.29, 1.82) is 0 Å². The molecule has 0 aliphatic carbocycles. The molecule has 0 bridgehead atoms. The molecule has 1 saturated heterocycles. The molecular formula is C27H29N3O5S. The molecule has 0 saturated carbocycles. The van der Waals surface area contributed by atoms with Crippen LogP contribution in [0.1, 0.15) is 44.7 Å². The maximum atomic E-state index is 13.2. The zero-order valence-electron chi connectivity index (χ0n) is 20.2. The molecule has 2 amide bonds. The average Bonchev–Trinajstić information content (AvgIpc) is 3.38. The van der Waals surface area contributed by atoms with E-state index in [4.69, 9.17) is 4.74 Å². The summed E-state index contributed by atoms with van der Waals surface area (Å²) in [5.41, 5.74) is 2.69. The molecule has 188 valence electrons. The van der Waals surface area contributed by atoms with E-state index in [0.29, 0.717) is 35.7 Å². The Labute approximate surface area is 211 Å². The Hall–Kier alpha value is -3.69. The van der Waals surface area contributed by atoms with Crippen molar-refractivity contribution < 1.29 is 22.7 Å². The van der Waals surface area contributed by atoms with Crippen LogP contribution in [0.4, 0.5) is 11.4 Å². The lowest BCUT2D eigenvalue weighted by Crippen LogP contribution is -2.32. The fourth-order valence-electron chi connectivity index (χ4n) is 4.00. The van der Waals surface area contributed by atoms with Gasteiger partial charge in [-0.3, -0.25) is 14.3 Å². The highest BCUT2D eigenvalue weighted by atomic mass is 32.2. The number of rotatable bonds is 8. The first-order valence-electron chi connectivity index (χ1n) is 11.7. The zero-order valence-corrected chi connectivity index (χ0v) is 21.0.